The van der Waals surface area contributed by atoms with Crippen LogP contribution in [0.5, 0.6) is 11.5 Å². The average molecular weight is 264 g/mol. The van der Waals surface area contributed by atoms with E-state index < -0.39 is 0 Å². The molecule has 5 heteroatoms. The highest BCUT2D eigenvalue weighted by molar-refractivity contribution is 5.48. The number of fused-ring (bicyclic) bond motifs is 1. The number of rotatable bonds is 5. The summed E-state index contributed by atoms with van der Waals surface area (Å²) in [5, 5.41) is 3.47. The predicted molar refractivity (Wildman–Crippen MR) is 71.3 cm³/mol. The first-order chi connectivity index (χ1) is 9.22. The van der Waals surface area contributed by atoms with Crippen molar-refractivity contribution in [3.05, 3.63) is 23.3 Å². The Morgan fingerprint density at radius 2 is 2.00 bits per heavy atom. The number of nitrogens with one attached hydrogen (secondary N) is 1. The summed E-state index contributed by atoms with van der Waals surface area (Å²) in [6.45, 7) is 6.29. The highest BCUT2D eigenvalue weighted by Crippen LogP contribution is 2.34. The minimum atomic E-state index is 0.129. The van der Waals surface area contributed by atoms with Crippen LogP contribution in [-0.2, 0) is 11.3 Å². The lowest BCUT2D eigenvalue weighted by molar-refractivity contribution is -0.105. The zero-order valence-corrected chi connectivity index (χ0v) is 11.2. The van der Waals surface area contributed by atoms with Crippen molar-refractivity contribution in [2.24, 2.45) is 11.1 Å². The summed E-state index contributed by atoms with van der Waals surface area (Å²) in [5.74, 6) is 1.68. The summed E-state index contributed by atoms with van der Waals surface area (Å²) in [7, 11) is 0. The van der Waals surface area contributed by atoms with Crippen LogP contribution in [0.2, 0.25) is 0 Å². The summed E-state index contributed by atoms with van der Waals surface area (Å²) in [6, 6.07) is 4.08. The zero-order valence-electron chi connectivity index (χ0n) is 11.2. The molecular weight excluding hydrogens is 244 g/mol. The lowest BCUT2D eigenvalue weighted by atomic mass is 9.86. The third-order valence-electron chi connectivity index (χ3n) is 3.90. The Hall–Kier alpha value is -1.30. The summed E-state index contributed by atoms with van der Waals surface area (Å²) >= 11 is 0. The Bertz CT molecular complexity index is 466. The molecule has 3 rings (SSSR count). The minimum Gasteiger partial charge on any atom is -0.454 e. The normalized spacial score (nSPS) is 19.3. The Labute approximate surface area is 113 Å². The van der Waals surface area contributed by atoms with Crippen LogP contribution in [-0.4, -0.2) is 33.1 Å². The van der Waals surface area contributed by atoms with Crippen molar-refractivity contribution in [2.75, 3.05) is 33.1 Å². The highest BCUT2D eigenvalue weighted by atomic mass is 16.7. The molecule has 0 amide bonds. The number of hydrogen-bond acceptors (Lipinski definition) is 5. The number of ether oxygens (including phenoxy) is 3. The first kappa shape index (κ1) is 12.7. The van der Waals surface area contributed by atoms with Gasteiger partial charge in [-0.05, 0) is 30.2 Å². The van der Waals surface area contributed by atoms with Crippen molar-refractivity contribution in [3.8, 4) is 11.5 Å². The molecule has 1 aromatic carbocycles. The van der Waals surface area contributed by atoms with Gasteiger partial charge < -0.3 is 25.3 Å². The van der Waals surface area contributed by atoms with Crippen LogP contribution in [0.25, 0.3) is 0 Å². The largest absolute Gasteiger partial charge is 0.454 e. The fourth-order valence-electron chi connectivity index (χ4n) is 2.42. The van der Waals surface area contributed by atoms with Gasteiger partial charge in [0.05, 0.1) is 13.2 Å². The van der Waals surface area contributed by atoms with Gasteiger partial charge >= 0.3 is 0 Å². The van der Waals surface area contributed by atoms with Gasteiger partial charge in [-0.25, -0.2) is 0 Å². The van der Waals surface area contributed by atoms with E-state index in [4.69, 9.17) is 19.9 Å². The molecule has 2 aliphatic heterocycles. The van der Waals surface area contributed by atoms with Gasteiger partial charge in [0.15, 0.2) is 11.5 Å². The number of hydrogen-bond donors (Lipinski definition) is 2. The quantitative estimate of drug-likeness (QED) is 0.823. The van der Waals surface area contributed by atoms with Gasteiger partial charge in [0.1, 0.15) is 0 Å². The van der Waals surface area contributed by atoms with Gasteiger partial charge in [0.25, 0.3) is 0 Å². The number of nitrogens with two attached hydrogens (primary N) is 1. The molecule has 1 aromatic rings. The van der Waals surface area contributed by atoms with E-state index in [9.17, 15) is 0 Å². The first-order valence-electron chi connectivity index (χ1n) is 6.60. The molecule has 0 atom stereocenters. The molecule has 0 unspecified atom stereocenters. The van der Waals surface area contributed by atoms with Gasteiger partial charge in [-0.3, -0.25) is 0 Å². The molecule has 1 saturated heterocycles. The lowest BCUT2D eigenvalue weighted by Gasteiger charge is -2.40. The van der Waals surface area contributed by atoms with Gasteiger partial charge in [0, 0.05) is 25.0 Å². The third-order valence-corrected chi connectivity index (χ3v) is 3.90. The summed E-state index contributed by atoms with van der Waals surface area (Å²) in [6.07, 6.45) is 0. The molecule has 2 aliphatic rings. The van der Waals surface area contributed by atoms with Crippen LogP contribution in [0.4, 0.5) is 0 Å². The van der Waals surface area contributed by atoms with Crippen molar-refractivity contribution in [1.29, 1.82) is 0 Å². The summed E-state index contributed by atoms with van der Waals surface area (Å²) in [4.78, 5) is 0. The SMILES string of the molecule is Cc1cc2c(cc1CNCC1(CN)COC1)OCO2. The van der Waals surface area contributed by atoms with Gasteiger partial charge in [-0.15, -0.1) is 0 Å². The molecule has 0 saturated carbocycles. The van der Waals surface area contributed by atoms with E-state index in [1.807, 2.05) is 6.07 Å². The van der Waals surface area contributed by atoms with E-state index in [0.717, 1.165) is 37.8 Å². The van der Waals surface area contributed by atoms with E-state index in [0.29, 0.717) is 13.3 Å². The molecule has 0 aromatic heterocycles. The summed E-state index contributed by atoms with van der Waals surface area (Å²) in [5.41, 5.74) is 8.37. The molecule has 1 fully saturated rings. The van der Waals surface area contributed by atoms with E-state index >= 15 is 0 Å². The lowest BCUT2D eigenvalue weighted by Crippen LogP contribution is -2.54. The van der Waals surface area contributed by atoms with Crippen molar-refractivity contribution in [3.63, 3.8) is 0 Å². The third kappa shape index (κ3) is 2.41. The maximum absolute atomic E-state index is 5.80. The predicted octanol–water partition coefficient (Wildman–Crippen LogP) is 0.789. The first-order valence-corrected chi connectivity index (χ1v) is 6.60. The van der Waals surface area contributed by atoms with Crippen LogP contribution in [0.1, 0.15) is 11.1 Å². The van der Waals surface area contributed by atoms with E-state index in [-0.39, 0.29) is 5.41 Å². The van der Waals surface area contributed by atoms with Crippen molar-refractivity contribution in [2.45, 2.75) is 13.5 Å². The smallest absolute Gasteiger partial charge is 0.231 e. The molecule has 104 valence electrons. The second-order valence-electron chi connectivity index (χ2n) is 5.43. The molecule has 3 N–H and O–H groups in total. The fourth-order valence-corrected chi connectivity index (χ4v) is 2.42. The number of aryl methyl sites for hydroxylation is 1. The fraction of sp³-hybridized carbons (Fsp3) is 0.571. The van der Waals surface area contributed by atoms with Crippen LogP contribution >= 0.6 is 0 Å². The Balaban J connectivity index is 1.61. The van der Waals surface area contributed by atoms with Crippen LogP contribution in [0, 0.1) is 12.3 Å². The van der Waals surface area contributed by atoms with Gasteiger partial charge in [-0.2, -0.15) is 0 Å². The molecule has 5 nitrogen and oxygen atoms in total. The molecular formula is C14H20N2O3. The van der Waals surface area contributed by atoms with Gasteiger partial charge in [-0.1, -0.05) is 0 Å². The average Bonchev–Trinajstić information content (AvgIpc) is 2.79. The zero-order chi connectivity index (χ0) is 13.3. The molecule has 19 heavy (non-hydrogen) atoms. The highest BCUT2D eigenvalue weighted by Gasteiger charge is 2.36. The Morgan fingerprint density at radius 1 is 1.26 bits per heavy atom. The molecule has 0 aliphatic carbocycles. The van der Waals surface area contributed by atoms with Crippen molar-refractivity contribution < 1.29 is 14.2 Å². The van der Waals surface area contributed by atoms with Crippen LogP contribution in [0.3, 0.4) is 0 Å². The molecule has 0 bridgehead atoms. The molecule has 2 heterocycles. The summed E-state index contributed by atoms with van der Waals surface area (Å²) < 4.78 is 16.0. The minimum absolute atomic E-state index is 0.129. The van der Waals surface area contributed by atoms with Gasteiger partial charge in [0.2, 0.25) is 6.79 Å². The van der Waals surface area contributed by atoms with E-state index in [1.165, 1.54) is 11.1 Å². The Kier molecular flexibility index (Phi) is 3.35. The van der Waals surface area contributed by atoms with Crippen molar-refractivity contribution >= 4 is 0 Å². The molecule has 0 spiro atoms. The maximum Gasteiger partial charge on any atom is 0.231 e. The standard InChI is InChI=1S/C14H20N2O3/c1-10-2-12-13(19-9-18-12)3-11(10)4-16-6-14(5-15)7-17-8-14/h2-3,16H,4-9,15H2,1H3. The second-order valence-corrected chi connectivity index (χ2v) is 5.43. The Morgan fingerprint density at radius 3 is 2.63 bits per heavy atom. The number of benzene rings is 1. The molecule has 0 radical (unpaired) electrons. The second kappa shape index (κ2) is 5.00. The topological polar surface area (TPSA) is 65.7 Å². The monoisotopic (exact) mass is 264 g/mol. The van der Waals surface area contributed by atoms with Crippen LogP contribution in [0.15, 0.2) is 12.1 Å². The van der Waals surface area contributed by atoms with E-state index in [1.54, 1.807) is 0 Å². The van der Waals surface area contributed by atoms with Crippen LogP contribution < -0.4 is 20.5 Å². The van der Waals surface area contributed by atoms with E-state index in [2.05, 4.69) is 18.3 Å². The van der Waals surface area contributed by atoms with Crippen molar-refractivity contribution in [1.82, 2.24) is 5.32 Å². The maximum atomic E-state index is 5.80.